The highest BCUT2D eigenvalue weighted by molar-refractivity contribution is 7.99. The molecule has 1 heterocycles. The van der Waals surface area contributed by atoms with Crippen molar-refractivity contribution in [2.75, 3.05) is 11.6 Å². The van der Waals surface area contributed by atoms with Gasteiger partial charge in [0.05, 0.1) is 11.9 Å². The van der Waals surface area contributed by atoms with Crippen molar-refractivity contribution in [2.24, 2.45) is 5.73 Å². The van der Waals surface area contributed by atoms with Crippen LogP contribution in [0.2, 0.25) is 0 Å². The van der Waals surface area contributed by atoms with E-state index in [9.17, 15) is 9.59 Å². The van der Waals surface area contributed by atoms with Crippen molar-refractivity contribution >= 4 is 23.6 Å². The summed E-state index contributed by atoms with van der Waals surface area (Å²) in [6.07, 6.45) is 0.424. The molecule has 2 atom stereocenters. The van der Waals surface area contributed by atoms with Crippen LogP contribution in [0, 0.1) is 0 Å². The van der Waals surface area contributed by atoms with Crippen LogP contribution >= 0.6 is 11.8 Å². The molecular weight excluding hydrogens is 264 g/mol. The number of aliphatic carboxylic acids is 1. The van der Waals surface area contributed by atoms with Crippen molar-refractivity contribution in [1.82, 2.24) is 4.90 Å². The number of amides is 1. The molecule has 0 aliphatic carbocycles. The van der Waals surface area contributed by atoms with Crippen LogP contribution < -0.4 is 5.73 Å². The lowest BCUT2D eigenvalue weighted by molar-refractivity contribution is -0.148. The Morgan fingerprint density at radius 3 is 2.74 bits per heavy atom. The largest absolute Gasteiger partial charge is 0.480 e. The molecule has 19 heavy (non-hydrogen) atoms. The van der Waals surface area contributed by atoms with Gasteiger partial charge in [0.25, 0.3) is 0 Å². The number of rotatable bonds is 4. The molecule has 1 aliphatic heterocycles. The van der Waals surface area contributed by atoms with Gasteiger partial charge in [-0.3, -0.25) is 4.79 Å². The first-order valence-electron chi connectivity index (χ1n) is 6.00. The number of carboxylic acids is 1. The molecule has 6 heteroatoms. The van der Waals surface area contributed by atoms with Crippen molar-refractivity contribution in [2.45, 2.75) is 18.5 Å². The van der Waals surface area contributed by atoms with E-state index in [-0.39, 0.29) is 5.91 Å². The maximum Gasteiger partial charge on any atom is 0.327 e. The zero-order valence-corrected chi connectivity index (χ0v) is 11.2. The van der Waals surface area contributed by atoms with Crippen LogP contribution in [0.15, 0.2) is 30.3 Å². The van der Waals surface area contributed by atoms with Gasteiger partial charge in [0.1, 0.15) is 6.04 Å². The summed E-state index contributed by atoms with van der Waals surface area (Å²) >= 11 is 1.44. The fourth-order valence-electron chi connectivity index (χ4n) is 2.03. The molecule has 0 radical (unpaired) electrons. The molecule has 1 aliphatic rings. The lowest BCUT2D eigenvalue weighted by Gasteiger charge is -2.24. The van der Waals surface area contributed by atoms with Crippen LogP contribution in [0.3, 0.4) is 0 Å². The van der Waals surface area contributed by atoms with Gasteiger partial charge < -0.3 is 15.7 Å². The van der Waals surface area contributed by atoms with Crippen molar-refractivity contribution in [3.05, 3.63) is 35.9 Å². The van der Waals surface area contributed by atoms with Crippen LogP contribution in [0.4, 0.5) is 0 Å². The Hall–Kier alpha value is -1.53. The summed E-state index contributed by atoms with van der Waals surface area (Å²) in [5.74, 6) is -0.427. The molecule has 0 spiro atoms. The summed E-state index contributed by atoms with van der Waals surface area (Å²) in [5, 5.41) is 9.06. The van der Waals surface area contributed by atoms with Crippen molar-refractivity contribution in [3.63, 3.8) is 0 Å². The van der Waals surface area contributed by atoms with Crippen LogP contribution in [0.5, 0.6) is 0 Å². The number of nitrogens with zero attached hydrogens (tertiary/aromatic N) is 1. The Bertz CT molecular complexity index is 466. The fraction of sp³-hybridized carbons (Fsp3) is 0.385. The second kappa shape index (κ2) is 6.08. The number of carbonyl (C=O) groups is 2. The summed E-state index contributed by atoms with van der Waals surface area (Å²) in [4.78, 5) is 24.6. The first-order chi connectivity index (χ1) is 9.09. The van der Waals surface area contributed by atoms with E-state index in [2.05, 4.69) is 0 Å². The predicted molar refractivity (Wildman–Crippen MR) is 73.7 cm³/mol. The third-order valence-corrected chi connectivity index (χ3v) is 4.08. The number of carbonyl (C=O) groups excluding carboxylic acids is 1. The van der Waals surface area contributed by atoms with E-state index in [0.29, 0.717) is 18.1 Å². The minimum absolute atomic E-state index is 0.291. The predicted octanol–water partition coefficient (Wildman–Crippen LogP) is 0.543. The highest BCUT2D eigenvalue weighted by Crippen LogP contribution is 2.22. The molecule has 5 nitrogen and oxygen atoms in total. The fourth-order valence-corrected chi connectivity index (χ4v) is 3.19. The maximum atomic E-state index is 12.2. The van der Waals surface area contributed by atoms with Gasteiger partial charge in [-0.25, -0.2) is 4.79 Å². The lowest BCUT2D eigenvalue weighted by Crippen LogP contribution is -2.49. The van der Waals surface area contributed by atoms with Gasteiger partial charge in [0.15, 0.2) is 0 Å². The summed E-state index contributed by atoms with van der Waals surface area (Å²) in [6.45, 7) is 0. The van der Waals surface area contributed by atoms with Gasteiger partial charge in [-0.1, -0.05) is 30.3 Å². The number of hydrogen-bond donors (Lipinski definition) is 2. The summed E-state index contributed by atoms with van der Waals surface area (Å²) < 4.78 is 0. The molecule has 3 N–H and O–H groups in total. The molecule has 2 rings (SSSR count). The van der Waals surface area contributed by atoms with Gasteiger partial charge in [-0.2, -0.15) is 0 Å². The number of benzene rings is 1. The van der Waals surface area contributed by atoms with Gasteiger partial charge in [0.2, 0.25) is 5.91 Å². The van der Waals surface area contributed by atoms with Crippen LogP contribution in [0.1, 0.15) is 5.56 Å². The van der Waals surface area contributed by atoms with Gasteiger partial charge in [0, 0.05) is 5.75 Å². The normalized spacial score (nSPS) is 20.3. The maximum absolute atomic E-state index is 12.2. The minimum atomic E-state index is -0.967. The Kier molecular flexibility index (Phi) is 4.44. The molecule has 1 aromatic rings. The zero-order chi connectivity index (χ0) is 13.8. The number of carboxylic acid groups (broad SMARTS) is 1. The molecule has 1 amide bonds. The molecule has 1 fully saturated rings. The highest BCUT2D eigenvalue weighted by Gasteiger charge is 2.36. The van der Waals surface area contributed by atoms with E-state index >= 15 is 0 Å². The summed E-state index contributed by atoms with van der Waals surface area (Å²) in [6, 6.07) is 8.04. The van der Waals surface area contributed by atoms with E-state index in [4.69, 9.17) is 10.8 Å². The van der Waals surface area contributed by atoms with E-state index in [1.54, 1.807) is 0 Å². The first kappa shape index (κ1) is 13.9. The Labute approximate surface area is 115 Å². The van der Waals surface area contributed by atoms with Gasteiger partial charge in [-0.05, 0) is 12.0 Å². The third-order valence-electron chi connectivity index (χ3n) is 3.07. The minimum Gasteiger partial charge on any atom is -0.480 e. The van der Waals surface area contributed by atoms with Crippen LogP contribution in [-0.2, 0) is 16.0 Å². The molecule has 0 aromatic heterocycles. The standard InChI is InChI=1S/C13H16N2O3S/c14-10(6-9-4-2-1-3-5-9)12(16)15-8-19-7-11(15)13(17)18/h1-5,10-11H,6-8,14H2,(H,17,18). The zero-order valence-electron chi connectivity index (χ0n) is 10.4. The number of nitrogens with two attached hydrogens (primary N) is 1. The molecule has 102 valence electrons. The average molecular weight is 280 g/mol. The van der Waals surface area contributed by atoms with Crippen molar-refractivity contribution < 1.29 is 14.7 Å². The second-order valence-electron chi connectivity index (χ2n) is 4.46. The van der Waals surface area contributed by atoms with Crippen molar-refractivity contribution in [1.29, 1.82) is 0 Å². The summed E-state index contributed by atoms with van der Waals surface area (Å²) in [5.41, 5.74) is 6.87. The SMILES string of the molecule is NC(Cc1ccccc1)C(=O)N1CSCC1C(=O)O. The molecule has 1 saturated heterocycles. The first-order valence-corrected chi connectivity index (χ1v) is 7.15. The molecule has 0 saturated carbocycles. The van der Waals surface area contributed by atoms with Crippen molar-refractivity contribution in [3.8, 4) is 0 Å². The van der Waals surface area contributed by atoms with Gasteiger partial charge in [-0.15, -0.1) is 11.8 Å². The topological polar surface area (TPSA) is 83.6 Å². The molecule has 1 aromatic carbocycles. The monoisotopic (exact) mass is 280 g/mol. The Balaban J connectivity index is 2.01. The number of hydrogen-bond acceptors (Lipinski definition) is 4. The quantitative estimate of drug-likeness (QED) is 0.841. The van der Waals surface area contributed by atoms with Crippen LogP contribution in [-0.4, -0.2) is 45.6 Å². The Morgan fingerprint density at radius 2 is 2.11 bits per heavy atom. The molecule has 0 bridgehead atoms. The molecular formula is C13H16N2O3S. The highest BCUT2D eigenvalue weighted by atomic mass is 32.2. The molecule has 2 unspecified atom stereocenters. The second-order valence-corrected chi connectivity index (χ2v) is 5.46. The van der Waals surface area contributed by atoms with E-state index < -0.39 is 18.1 Å². The van der Waals surface area contributed by atoms with E-state index in [1.165, 1.54) is 16.7 Å². The average Bonchev–Trinajstić information content (AvgIpc) is 2.88. The smallest absolute Gasteiger partial charge is 0.327 e. The van der Waals surface area contributed by atoms with Gasteiger partial charge >= 0.3 is 5.97 Å². The Morgan fingerprint density at radius 1 is 1.42 bits per heavy atom. The summed E-state index contributed by atoms with van der Waals surface area (Å²) in [7, 11) is 0. The third kappa shape index (κ3) is 3.27. The van der Waals surface area contributed by atoms with E-state index in [0.717, 1.165) is 5.56 Å². The van der Waals surface area contributed by atoms with Crippen LogP contribution in [0.25, 0.3) is 0 Å². The van der Waals surface area contributed by atoms with E-state index in [1.807, 2.05) is 30.3 Å². The number of thioether (sulfide) groups is 1. The lowest BCUT2D eigenvalue weighted by atomic mass is 10.1.